The standard InChI is InChI=1S/C18H29N3O2.C2HF3O2/c1-20-10-16(9-19-20)11-21-7-5-17-18(13-21,6-2-8-23-17)14-22-12-15-3-4-15;3-2(4,5)1(6)7/h9-10,15,17H,2-8,11-14H2,1H3;(H,6,7). The summed E-state index contributed by atoms with van der Waals surface area (Å²) in [4.78, 5) is 11.5. The zero-order valence-corrected chi connectivity index (χ0v) is 17.2. The van der Waals surface area contributed by atoms with Crippen molar-refractivity contribution in [2.75, 3.05) is 32.9 Å². The molecule has 0 bridgehead atoms. The summed E-state index contributed by atoms with van der Waals surface area (Å²) in [6.45, 7) is 5.96. The molecule has 1 aliphatic carbocycles. The van der Waals surface area contributed by atoms with Gasteiger partial charge in [-0.2, -0.15) is 18.3 Å². The molecule has 2 aliphatic heterocycles. The molecule has 7 nitrogen and oxygen atoms in total. The molecule has 0 spiro atoms. The Morgan fingerprint density at radius 2 is 2.13 bits per heavy atom. The van der Waals surface area contributed by atoms with Crippen molar-refractivity contribution in [3.8, 4) is 0 Å². The largest absolute Gasteiger partial charge is 0.490 e. The van der Waals surface area contributed by atoms with Crippen molar-refractivity contribution in [3.05, 3.63) is 18.0 Å². The summed E-state index contributed by atoms with van der Waals surface area (Å²) in [5, 5.41) is 11.4. The number of hydrogen-bond acceptors (Lipinski definition) is 5. The normalized spacial score (nSPS) is 27.1. The van der Waals surface area contributed by atoms with Gasteiger partial charge in [0.15, 0.2) is 0 Å². The maximum absolute atomic E-state index is 10.6. The average molecular weight is 433 g/mol. The third kappa shape index (κ3) is 6.42. The molecule has 0 aromatic carbocycles. The Morgan fingerprint density at radius 3 is 2.73 bits per heavy atom. The maximum Gasteiger partial charge on any atom is 0.490 e. The lowest BCUT2D eigenvalue weighted by atomic mass is 9.73. The monoisotopic (exact) mass is 433 g/mol. The molecule has 4 rings (SSSR count). The predicted octanol–water partition coefficient (Wildman–Crippen LogP) is 2.85. The van der Waals surface area contributed by atoms with Crippen LogP contribution >= 0.6 is 0 Å². The first-order chi connectivity index (χ1) is 14.2. The summed E-state index contributed by atoms with van der Waals surface area (Å²) < 4.78 is 45.9. The minimum atomic E-state index is -5.08. The number of piperidine rings is 1. The molecular formula is C20H30F3N3O4. The zero-order chi connectivity index (χ0) is 21.8. The zero-order valence-electron chi connectivity index (χ0n) is 17.2. The first-order valence-corrected chi connectivity index (χ1v) is 10.4. The van der Waals surface area contributed by atoms with Crippen LogP contribution in [-0.4, -0.2) is 70.9 Å². The Hall–Kier alpha value is -1.65. The molecule has 30 heavy (non-hydrogen) atoms. The van der Waals surface area contributed by atoms with Crippen LogP contribution in [-0.2, 0) is 27.9 Å². The van der Waals surface area contributed by atoms with E-state index in [9.17, 15) is 13.2 Å². The second kappa shape index (κ2) is 9.65. The van der Waals surface area contributed by atoms with Gasteiger partial charge in [-0.1, -0.05) is 0 Å². The Balaban J connectivity index is 0.000000318. The van der Waals surface area contributed by atoms with Crippen molar-refractivity contribution in [2.24, 2.45) is 18.4 Å². The Kier molecular flexibility index (Phi) is 7.41. The molecule has 1 aromatic heterocycles. The number of carboxylic acids is 1. The number of halogens is 3. The molecule has 10 heteroatoms. The molecule has 1 N–H and O–H groups in total. The van der Waals surface area contributed by atoms with Crippen LogP contribution in [0, 0.1) is 11.3 Å². The van der Waals surface area contributed by atoms with Crippen molar-refractivity contribution in [1.82, 2.24) is 14.7 Å². The molecular weight excluding hydrogens is 403 g/mol. The average Bonchev–Trinajstić information content (AvgIpc) is 3.41. The topological polar surface area (TPSA) is 76.8 Å². The predicted molar refractivity (Wildman–Crippen MR) is 102 cm³/mol. The minimum absolute atomic E-state index is 0.202. The highest BCUT2D eigenvalue weighted by Crippen LogP contribution is 2.41. The minimum Gasteiger partial charge on any atom is -0.475 e. The van der Waals surface area contributed by atoms with Gasteiger partial charge in [0.2, 0.25) is 0 Å². The summed E-state index contributed by atoms with van der Waals surface area (Å²) in [6, 6.07) is 0. The molecule has 0 radical (unpaired) electrons. The number of nitrogens with zero attached hydrogens (tertiary/aromatic N) is 3. The van der Waals surface area contributed by atoms with Gasteiger partial charge in [0.1, 0.15) is 0 Å². The van der Waals surface area contributed by atoms with E-state index in [0.29, 0.717) is 6.10 Å². The van der Waals surface area contributed by atoms with E-state index in [1.165, 1.54) is 31.2 Å². The van der Waals surface area contributed by atoms with Crippen LogP contribution in [0.3, 0.4) is 0 Å². The lowest BCUT2D eigenvalue weighted by molar-refractivity contribution is -0.192. The van der Waals surface area contributed by atoms with Crippen LogP contribution in [0.4, 0.5) is 13.2 Å². The summed E-state index contributed by atoms with van der Waals surface area (Å²) in [5.74, 6) is -1.92. The van der Waals surface area contributed by atoms with Gasteiger partial charge in [0.05, 0.1) is 18.9 Å². The number of rotatable bonds is 6. The molecule has 0 amide bonds. The van der Waals surface area contributed by atoms with Crippen LogP contribution in [0.2, 0.25) is 0 Å². The SMILES string of the molecule is Cn1cc(CN2CCC3OCCCC3(COCC3CC3)C2)cn1.O=C(O)C(F)(F)F. The summed E-state index contributed by atoms with van der Waals surface area (Å²) in [5.41, 5.74) is 1.50. The molecule has 1 aromatic rings. The second-order valence-corrected chi connectivity index (χ2v) is 8.61. The number of carbonyl (C=O) groups is 1. The molecule has 3 fully saturated rings. The van der Waals surface area contributed by atoms with Gasteiger partial charge >= 0.3 is 12.1 Å². The van der Waals surface area contributed by atoms with Crippen LogP contribution < -0.4 is 0 Å². The van der Waals surface area contributed by atoms with E-state index in [2.05, 4.69) is 16.2 Å². The van der Waals surface area contributed by atoms with E-state index in [-0.39, 0.29) is 5.41 Å². The third-order valence-electron chi connectivity index (χ3n) is 5.91. The Labute approximate surface area is 174 Å². The van der Waals surface area contributed by atoms with Gasteiger partial charge in [0, 0.05) is 57.1 Å². The molecule has 3 heterocycles. The van der Waals surface area contributed by atoms with E-state index in [1.807, 2.05) is 17.9 Å². The number of aromatic nitrogens is 2. The number of hydrogen-bond donors (Lipinski definition) is 1. The van der Waals surface area contributed by atoms with E-state index in [4.69, 9.17) is 19.4 Å². The number of alkyl halides is 3. The number of likely N-dealkylation sites (tertiary alicyclic amines) is 1. The summed E-state index contributed by atoms with van der Waals surface area (Å²) >= 11 is 0. The second-order valence-electron chi connectivity index (χ2n) is 8.61. The highest BCUT2D eigenvalue weighted by molar-refractivity contribution is 5.73. The van der Waals surface area contributed by atoms with Crippen molar-refractivity contribution in [1.29, 1.82) is 0 Å². The first kappa shape index (κ1) is 23.0. The lowest BCUT2D eigenvalue weighted by Gasteiger charge is -2.50. The number of fused-ring (bicyclic) bond motifs is 1. The molecule has 2 atom stereocenters. The van der Waals surface area contributed by atoms with Crippen molar-refractivity contribution < 1.29 is 32.5 Å². The van der Waals surface area contributed by atoms with Crippen molar-refractivity contribution in [2.45, 2.75) is 50.9 Å². The Bertz CT molecular complexity index is 708. The first-order valence-electron chi connectivity index (χ1n) is 10.4. The maximum atomic E-state index is 10.6. The van der Waals surface area contributed by atoms with E-state index in [0.717, 1.165) is 51.8 Å². The highest BCUT2D eigenvalue weighted by atomic mass is 19.4. The number of carboxylic acid groups (broad SMARTS) is 1. The van der Waals surface area contributed by atoms with Crippen molar-refractivity contribution in [3.63, 3.8) is 0 Å². The quantitative estimate of drug-likeness (QED) is 0.744. The van der Waals surface area contributed by atoms with Gasteiger partial charge in [-0.25, -0.2) is 4.79 Å². The van der Waals surface area contributed by atoms with Gasteiger partial charge < -0.3 is 14.6 Å². The fourth-order valence-electron chi connectivity index (χ4n) is 4.25. The van der Waals surface area contributed by atoms with Gasteiger partial charge in [-0.15, -0.1) is 0 Å². The number of ether oxygens (including phenoxy) is 2. The molecule has 1 saturated carbocycles. The smallest absolute Gasteiger partial charge is 0.475 e. The van der Waals surface area contributed by atoms with Gasteiger partial charge in [0.25, 0.3) is 0 Å². The lowest BCUT2D eigenvalue weighted by Crippen LogP contribution is -2.56. The van der Waals surface area contributed by atoms with Crippen molar-refractivity contribution >= 4 is 5.97 Å². The van der Waals surface area contributed by atoms with E-state index < -0.39 is 12.1 Å². The molecule has 2 unspecified atom stereocenters. The summed E-state index contributed by atoms with van der Waals surface area (Å²) in [7, 11) is 1.98. The van der Waals surface area contributed by atoms with Gasteiger partial charge in [-0.05, 0) is 38.0 Å². The molecule has 2 saturated heterocycles. The molecule has 3 aliphatic rings. The van der Waals surface area contributed by atoms with Crippen LogP contribution in [0.5, 0.6) is 0 Å². The highest BCUT2D eigenvalue weighted by Gasteiger charge is 2.46. The number of aliphatic carboxylic acids is 1. The third-order valence-corrected chi connectivity index (χ3v) is 5.91. The van der Waals surface area contributed by atoms with Crippen LogP contribution in [0.15, 0.2) is 12.4 Å². The van der Waals surface area contributed by atoms with Crippen LogP contribution in [0.25, 0.3) is 0 Å². The number of aryl methyl sites for hydroxylation is 1. The molecule has 170 valence electrons. The van der Waals surface area contributed by atoms with E-state index >= 15 is 0 Å². The fourth-order valence-corrected chi connectivity index (χ4v) is 4.25. The van der Waals surface area contributed by atoms with Crippen LogP contribution in [0.1, 0.15) is 37.7 Å². The Morgan fingerprint density at radius 1 is 1.40 bits per heavy atom. The van der Waals surface area contributed by atoms with Gasteiger partial charge in [-0.3, -0.25) is 9.58 Å². The van der Waals surface area contributed by atoms with E-state index in [1.54, 1.807) is 0 Å². The fraction of sp³-hybridized carbons (Fsp3) is 0.800. The summed E-state index contributed by atoms with van der Waals surface area (Å²) in [6.07, 6.45) is 5.68.